The fourth-order valence-corrected chi connectivity index (χ4v) is 3.82. The van der Waals surface area contributed by atoms with Crippen LogP contribution in [0, 0.1) is 13.8 Å². The molecule has 0 saturated heterocycles. The molecule has 26 heavy (non-hydrogen) atoms. The molecular weight excluding hydrogens is 352 g/mol. The second-order valence-electron chi connectivity index (χ2n) is 6.24. The van der Waals surface area contributed by atoms with Crippen LogP contribution in [-0.2, 0) is 14.8 Å². The second kappa shape index (κ2) is 7.78. The number of methoxy groups -OCH3 is 1. The molecule has 0 aliphatic heterocycles. The summed E-state index contributed by atoms with van der Waals surface area (Å²) in [5.41, 5.74) is 2.99. The van der Waals surface area contributed by atoms with Crippen molar-refractivity contribution in [2.45, 2.75) is 26.8 Å². The van der Waals surface area contributed by atoms with E-state index in [-0.39, 0.29) is 0 Å². The normalized spacial score (nSPS) is 12.3. The fraction of sp³-hybridized carbons (Fsp3) is 0.316. The summed E-state index contributed by atoms with van der Waals surface area (Å²) in [6.45, 7) is 5.38. The quantitative estimate of drug-likeness (QED) is 0.840. The third-order valence-electron chi connectivity index (χ3n) is 4.07. The number of sulfonamides is 1. The van der Waals surface area contributed by atoms with Crippen LogP contribution >= 0.6 is 0 Å². The van der Waals surface area contributed by atoms with E-state index in [1.54, 1.807) is 31.2 Å². The van der Waals surface area contributed by atoms with Gasteiger partial charge in [-0.1, -0.05) is 12.1 Å². The van der Waals surface area contributed by atoms with Crippen LogP contribution in [0.5, 0.6) is 5.75 Å². The van der Waals surface area contributed by atoms with Crippen LogP contribution < -0.4 is 14.4 Å². The summed E-state index contributed by atoms with van der Waals surface area (Å²) in [5, 5.41) is 2.83. The molecule has 0 aliphatic carbocycles. The van der Waals surface area contributed by atoms with E-state index in [4.69, 9.17) is 4.74 Å². The third kappa shape index (κ3) is 4.54. The Bertz CT molecular complexity index is 892. The van der Waals surface area contributed by atoms with Gasteiger partial charge in [0.05, 0.1) is 19.1 Å². The van der Waals surface area contributed by atoms with Gasteiger partial charge < -0.3 is 10.1 Å². The topological polar surface area (TPSA) is 75.7 Å². The number of benzene rings is 2. The molecule has 0 bridgehead atoms. The molecule has 0 spiro atoms. The highest BCUT2D eigenvalue weighted by molar-refractivity contribution is 7.92. The number of anilines is 2. The maximum absolute atomic E-state index is 12.7. The molecule has 0 aliphatic rings. The van der Waals surface area contributed by atoms with Crippen LogP contribution in [0.1, 0.15) is 18.1 Å². The summed E-state index contributed by atoms with van der Waals surface area (Å²) in [5.74, 6) is 0.203. The van der Waals surface area contributed by atoms with Crippen molar-refractivity contribution in [1.82, 2.24) is 0 Å². The van der Waals surface area contributed by atoms with E-state index in [1.807, 2.05) is 32.0 Å². The number of rotatable bonds is 6. The van der Waals surface area contributed by atoms with Gasteiger partial charge in [0.2, 0.25) is 15.9 Å². The van der Waals surface area contributed by atoms with E-state index in [9.17, 15) is 13.2 Å². The van der Waals surface area contributed by atoms with Crippen molar-refractivity contribution in [1.29, 1.82) is 0 Å². The Hall–Kier alpha value is -2.54. The molecule has 0 heterocycles. The zero-order valence-electron chi connectivity index (χ0n) is 15.6. The highest BCUT2D eigenvalue weighted by Crippen LogP contribution is 2.25. The number of amides is 1. The first-order valence-corrected chi connectivity index (χ1v) is 10.00. The summed E-state index contributed by atoms with van der Waals surface area (Å²) in [4.78, 5) is 12.7. The van der Waals surface area contributed by atoms with Crippen molar-refractivity contribution in [2.75, 3.05) is 23.0 Å². The van der Waals surface area contributed by atoms with E-state index in [0.29, 0.717) is 17.1 Å². The Morgan fingerprint density at radius 2 is 1.73 bits per heavy atom. The van der Waals surface area contributed by atoms with Gasteiger partial charge in [0.25, 0.3) is 0 Å². The van der Waals surface area contributed by atoms with E-state index < -0.39 is 22.0 Å². The lowest BCUT2D eigenvalue weighted by molar-refractivity contribution is -0.116. The largest absolute Gasteiger partial charge is 0.497 e. The van der Waals surface area contributed by atoms with Crippen LogP contribution in [0.25, 0.3) is 0 Å². The van der Waals surface area contributed by atoms with Crippen LogP contribution in [0.2, 0.25) is 0 Å². The lowest BCUT2D eigenvalue weighted by atomic mass is 10.1. The Morgan fingerprint density at radius 3 is 2.27 bits per heavy atom. The molecule has 0 aromatic heterocycles. The molecule has 1 amide bonds. The average Bonchev–Trinajstić information content (AvgIpc) is 2.57. The molecule has 2 aromatic rings. The number of carbonyl (C=O) groups is 1. The Kier molecular flexibility index (Phi) is 5.92. The molecule has 7 heteroatoms. The number of aryl methyl sites for hydroxylation is 2. The minimum absolute atomic E-state index is 0.400. The summed E-state index contributed by atoms with van der Waals surface area (Å²) < 4.78 is 30.8. The van der Waals surface area contributed by atoms with Crippen LogP contribution in [-0.4, -0.2) is 33.7 Å². The van der Waals surface area contributed by atoms with E-state index in [0.717, 1.165) is 21.7 Å². The third-order valence-corrected chi connectivity index (χ3v) is 5.31. The van der Waals surface area contributed by atoms with Gasteiger partial charge in [-0.25, -0.2) is 8.42 Å². The maximum atomic E-state index is 12.7. The smallest absolute Gasteiger partial charge is 0.248 e. The summed E-state index contributed by atoms with van der Waals surface area (Å²) in [7, 11) is -2.13. The van der Waals surface area contributed by atoms with Gasteiger partial charge in [-0.3, -0.25) is 9.10 Å². The van der Waals surface area contributed by atoms with Crippen molar-refractivity contribution in [2.24, 2.45) is 0 Å². The Morgan fingerprint density at radius 1 is 1.12 bits per heavy atom. The zero-order valence-corrected chi connectivity index (χ0v) is 16.4. The SMILES string of the molecule is COc1ccc(N(C(C)C(=O)Nc2cc(C)ccc2C)S(C)(=O)=O)cc1. The van der Waals surface area contributed by atoms with E-state index in [2.05, 4.69) is 5.32 Å². The van der Waals surface area contributed by atoms with E-state index in [1.165, 1.54) is 7.11 Å². The predicted octanol–water partition coefficient (Wildman–Crippen LogP) is 3.11. The second-order valence-corrected chi connectivity index (χ2v) is 8.10. The number of hydrogen-bond donors (Lipinski definition) is 1. The number of nitrogens with zero attached hydrogens (tertiary/aromatic N) is 1. The van der Waals surface area contributed by atoms with E-state index >= 15 is 0 Å². The molecule has 0 radical (unpaired) electrons. The van der Waals surface area contributed by atoms with Gasteiger partial charge in [-0.15, -0.1) is 0 Å². The molecule has 1 unspecified atom stereocenters. The molecule has 140 valence electrons. The first kappa shape index (κ1) is 19.8. The lowest BCUT2D eigenvalue weighted by Gasteiger charge is -2.28. The predicted molar refractivity (Wildman–Crippen MR) is 104 cm³/mol. The number of ether oxygens (including phenoxy) is 1. The molecule has 2 rings (SSSR count). The van der Waals surface area contributed by atoms with Crippen molar-refractivity contribution < 1.29 is 17.9 Å². The minimum atomic E-state index is -3.66. The zero-order chi connectivity index (χ0) is 19.5. The minimum Gasteiger partial charge on any atom is -0.497 e. The van der Waals surface area contributed by atoms with Gasteiger partial charge >= 0.3 is 0 Å². The fourth-order valence-electron chi connectivity index (χ4n) is 2.65. The molecule has 2 aromatic carbocycles. The standard InChI is InChI=1S/C19H24N2O4S/c1-13-6-7-14(2)18(12-13)20-19(22)15(3)21(26(5,23)24)16-8-10-17(25-4)11-9-16/h6-12,15H,1-5H3,(H,20,22). The van der Waals surface area contributed by atoms with Crippen LogP contribution in [0.4, 0.5) is 11.4 Å². The van der Waals surface area contributed by atoms with Gasteiger partial charge in [0.15, 0.2) is 0 Å². The average molecular weight is 376 g/mol. The highest BCUT2D eigenvalue weighted by Gasteiger charge is 2.29. The maximum Gasteiger partial charge on any atom is 0.248 e. The molecule has 1 N–H and O–H groups in total. The number of hydrogen-bond acceptors (Lipinski definition) is 4. The molecule has 0 fully saturated rings. The summed E-state index contributed by atoms with van der Waals surface area (Å²) >= 11 is 0. The summed E-state index contributed by atoms with van der Waals surface area (Å²) in [6, 6.07) is 11.3. The summed E-state index contributed by atoms with van der Waals surface area (Å²) in [6.07, 6.45) is 1.08. The van der Waals surface area contributed by atoms with Crippen molar-refractivity contribution >= 4 is 27.3 Å². The number of carbonyl (C=O) groups excluding carboxylic acids is 1. The van der Waals surface area contributed by atoms with Crippen molar-refractivity contribution in [3.8, 4) is 5.75 Å². The molecule has 0 saturated carbocycles. The first-order valence-electron chi connectivity index (χ1n) is 8.15. The first-order chi connectivity index (χ1) is 12.1. The molecular formula is C19H24N2O4S. The number of nitrogens with one attached hydrogen (secondary N) is 1. The van der Waals surface area contributed by atoms with Crippen LogP contribution in [0.3, 0.4) is 0 Å². The Labute approximate surface area is 154 Å². The van der Waals surface area contributed by atoms with Gasteiger partial charge in [0.1, 0.15) is 11.8 Å². The molecule has 6 nitrogen and oxygen atoms in total. The lowest BCUT2D eigenvalue weighted by Crippen LogP contribution is -2.45. The van der Waals surface area contributed by atoms with Gasteiger partial charge in [-0.05, 0) is 62.2 Å². The highest BCUT2D eigenvalue weighted by atomic mass is 32.2. The van der Waals surface area contributed by atoms with Crippen molar-refractivity contribution in [3.63, 3.8) is 0 Å². The van der Waals surface area contributed by atoms with Crippen molar-refractivity contribution in [3.05, 3.63) is 53.6 Å². The monoisotopic (exact) mass is 376 g/mol. The van der Waals surface area contributed by atoms with Gasteiger partial charge in [0, 0.05) is 5.69 Å². The van der Waals surface area contributed by atoms with Crippen LogP contribution in [0.15, 0.2) is 42.5 Å². The Balaban J connectivity index is 2.32. The molecule has 1 atom stereocenters. The van der Waals surface area contributed by atoms with Gasteiger partial charge in [-0.2, -0.15) is 0 Å².